The van der Waals surface area contributed by atoms with Gasteiger partial charge in [-0.1, -0.05) is 6.07 Å². The minimum absolute atomic E-state index is 0.222. The Morgan fingerprint density at radius 3 is 2.23 bits per heavy atom. The lowest BCUT2D eigenvalue weighted by Gasteiger charge is -1.70. The maximum Gasteiger partial charge on any atom is 0.173 e. The van der Waals surface area contributed by atoms with Crippen molar-refractivity contribution in [3.63, 3.8) is 0 Å². The highest BCUT2D eigenvalue weighted by Crippen LogP contribution is 1.81. The molecule has 2 rings (SSSR count). The van der Waals surface area contributed by atoms with Crippen LogP contribution in [-0.4, -0.2) is 21.6 Å². The summed E-state index contributed by atoms with van der Waals surface area (Å²) in [5, 5.41) is 6.29. The fourth-order valence-electron chi connectivity index (χ4n) is 0.536. The summed E-state index contributed by atoms with van der Waals surface area (Å²) in [7, 11) is 0. The van der Waals surface area contributed by atoms with Crippen molar-refractivity contribution in [3.8, 4) is 0 Å². The third-order valence-corrected chi connectivity index (χ3v) is 1.06. The Bertz CT molecular complexity index is 294. The molecule has 0 saturated heterocycles. The van der Waals surface area contributed by atoms with E-state index in [0.717, 1.165) is 0 Å². The van der Waals surface area contributed by atoms with Gasteiger partial charge in [0.05, 0.1) is 0 Å². The fourth-order valence-corrected chi connectivity index (χ4v) is 0.536. The number of hydrogen-bond donors (Lipinski definition) is 0. The Labute approximate surface area is 74.4 Å². The van der Waals surface area contributed by atoms with Crippen molar-refractivity contribution in [2.24, 2.45) is 0 Å². The van der Waals surface area contributed by atoms with Crippen LogP contribution < -0.4 is 0 Å². The smallest absolute Gasteiger partial charge is 0.173 e. The standard InChI is InChI=1S/C5H5N.C3H2N2O2/c1-2-4-6-5-3-1;6-1-3-2-7-5-4-3/h1-5H;1-2H. The molecule has 0 atom stereocenters. The van der Waals surface area contributed by atoms with Gasteiger partial charge in [-0.25, -0.2) is 0 Å². The van der Waals surface area contributed by atoms with Gasteiger partial charge in [0.2, 0.25) is 0 Å². The van der Waals surface area contributed by atoms with Gasteiger partial charge in [0, 0.05) is 17.7 Å². The van der Waals surface area contributed by atoms with Gasteiger partial charge in [0.15, 0.2) is 18.2 Å². The lowest BCUT2D eigenvalue weighted by atomic mass is 10.5. The second-order valence-corrected chi connectivity index (χ2v) is 1.97. The van der Waals surface area contributed by atoms with E-state index in [9.17, 15) is 4.79 Å². The molecular formula is C8H7N3O2. The number of carbonyl (C=O) groups is 1. The predicted octanol–water partition coefficient (Wildman–Crippen LogP) is 0.964. The molecule has 5 heteroatoms. The topological polar surface area (TPSA) is 68.9 Å². The van der Waals surface area contributed by atoms with Gasteiger partial charge in [-0.15, -0.1) is 5.10 Å². The molecule has 0 aliphatic carbocycles. The van der Waals surface area contributed by atoms with Crippen molar-refractivity contribution < 1.29 is 9.32 Å². The molecule has 0 aliphatic heterocycles. The van der Waals surface area contributed by atoms with Gasteiger partial charge in [-0.3, -0.25) is 9.78 Å². The zero-order chi connectivity index (χ0) is 9.36. The Balaban J connectivity index is 0.000000132. The molecule has 2 heterocycles. The average molecular weight is 177 g/mol. The van der Waals surface area contributed by atoms with E-state index in [1.807, 2.05) is 18.2 Å². The second-order valence-electron chi connectivity index (χ2n) is 1.97. The largest absolute Gasteiger partial charge is 0.345 e. The molecule has 0 fully saturated rings. The van der Waals surface area contributed by atoms with E-state index in [1.54, 1.807) is 12.4 Å². The van der Waals surface area contributed by atoms with Crippen LogP contribution in [0.25, 0.3) is 0 Å². The van der Waals surface area contributed by atoms with Crippen LogP contribution in [0.3, 0.4) is 0 Å². The zero-order valence-electron chi connectivity index (χ0n) is 6.70. The van der Waals surface area contributed by atoms with Crippen LogP contribution in [0.5, 0.6) is 0 Å². The van der Waals surface area contributed by atoms with Crippen LogP contribution in [0, 0.1) is 0 Å². The zero-order valence-corrected chi connectivity index (χ0v) is 6.70. The van der Waals surface area contributed by atoms with Gasteiger partial charge in [0.1, 0.15) is 0 Å². The number of aldehydes is 1. The van der Waals surface area contributed by atoms with Crippen LogP contribution in [0.15, 0.2) is 41.4 Å². The molecule has 0 spiro atoms. The SMILES string of the molecule is O=Cc1conn1.c1ccncc1. The third-order valence-electron chi connectivity index (χ3n) is 1.06. The number of hydrogen-bond acceptors (Lipinski definition) is 5. The molecule has 5 nitrogen and oxygen atoms in total. The Hall–Kier alpha value is -2.04. The molecular weight excluding hydrogens is 170 g/mol. The molecule has 13 heavy (non-hydrogen) atoms. The average Bonchev–Trinajstić information content (AvgIpc) is 2.74. The summed E-state index contributed by atoms with van der Waals surface area (Å²) < 4.78 is 4.21. The second kappa shape index (κ2) is 5.59. The first-order valence-corrected chi connectivity index (χ1v) is 3.50. The number of rotatable bonds is 1. The summed E-state index contributed by atoms with van der Waals surface area (Å²) in [6.07, 6.45) is 5.24. The molecule has 0 bridgehead atoms. The number of pyridine rings is 1. The highest BCUT2D eigenvalue weighted by Gasteiger charge is 1.88. The van der Waals surface area contributed by atoms with Crippen molar-refractivity contribution in [1.82, 2.24) is 15.4 Å². The molecule has 2 aromatic heterocycles. The normalized spacial score (nSPS) is 8.31. The van der Waals surface area contributed by atoms with Crippen molar-refractivity contribution in [2.75, 3.05) is 0 Å². The molecule has 0 aliphatic rings. The maximum atomic E-state index is 9.71. The summed E-state index contributed by atoms with van der Waals surface area (Å²) in [4.78, 5) is 13.5. The summed E-state index contributed by atoms with van der Waals surface area (Å²) >= 11 is 0. The molecule has 2 aromatic rings. The van der Waals surface area contributed by atoms with E-state index in [2.05, 4.69) is 19.9 Å². The lowest BCUT2D eigenvalue weighted by molar-refractivity contribution is 0.111. The van der Waals surface area contributed by atoms with Crippen molar-refractivity contribution in [2.45, 2.75) is 0 Å². The van der Waals surface area contributed by atoms with Crippen LogP contribution in [0.1, 0.15) is 10.5 Å². The van der Waals surface area contributed by atoms with Gasteiger partial charge in [0.25, 0.3) is 0 Å². The number of nitrogens with zero attached hydrogens (tertiary/aromatic N) is 3. The molecule has 0 radical (unpaired) electrons. The summed E-state index contributed by atoms with van der Waals surface area (Å²) in [6.45, 7) is 0. The highest BCUT2D eigenvalue weighted by atomic mass is 16.5. The van der Waals surface area contributed by atoms with Gasteiger partial charge in [-0.05, 0) is 12.1 Å². The fraction of sp³-hybridized carbons (Fsp3) is 0. The van der Waals surface area contributed by atoms with Gasteiger partial charge in [-0.2, -0.15) is 0 Å². The molecule has 66 valence electrons. The predicted molar refractivity (Wildman–Crippen MR) is 43.9 cm³/mol. The van der Waals surface area contributed by atoms with Gasteiger partial charge >= 0.3 is 0 Å². The minimum Gasteiger partial charge on any atom is -0.345 e. The van der Waals surface area contributed by atoms with E-state index < -0.39 is 0 Å². The molecule has 0 saturated carbocycles. The van der Waals surface area contributed by atoms with E-state index >= 15 is 0 Å². The number of carbonyl (C=O) groups excluding carboxylic acids is 1. The maximum absolute atomic E-state index is 9.71. The van der Waals surface area contributed by atoms with E-state index in [4.69, 9.17) is 0 Å². The summed E-state index contributed by atoms with van der Waals surface area (Å²) in [6, 6.07) is 5.72. The molecule has 0 amide bonds. The summed E-state index contributed by atoms with van der Waals surface area (Å²) in [5.74, 6) is 0. The molecule has 0 aromatic carbocycles. The molecule has 0 unspecified atom stereocenters. The Morgan fingerprint density at radius 2 is 2.00 bits per heavy atom. The first kappa shape index (κ1) is 9.05. The number of aromatic nitrogens is 3. The first-order valence-electron chi connectivity index (χ1n) is 3.50. The van der Waals surface area contributed by atoms with Crippen molar-refractivity contribution in [3.05, 3.63) is 42.5 Å². The lowest BCUT2D eigenvalue weighted by Crippen LogP contribution is -1.75. The minimum atomic E-state index is 0.222. The van der Waals surface area contributed by atoms with Crippen molar-refractivity contribution >= 4 is 6.29 Å². The Morgan fingerprint density at radius 1 is 1.23 bits per heavy atom. The highest BCUT2D eigenvalue weighted by molar-refractivity contribution is 5.70. The van der Waals surface area contributed by atoms with Crippen molar-refractivity contribution in [1.29, 1.82) is 0 Å². The van der Waals surface area contributed by atoms with Crippen LogP contribution in [-0.2, 0) is 0 Å². The monoisotopic (exact) mass is 177 g/mol. The van der Waals surface area contributed by atoms with E-state index in [1.165, 1.54) is 6.26 Å². The van der Waals surface area contributed by atoms with Crippen LogP contribution >= 0.6 is 0 Å². The van der Waals surface area contributed by atoms with E-state index in [-0.39, 0.29) is 5.69 Å². The summed E-state index contributed by atoms with van der Waals surface area (Å²) in [5.41, 5.74) is 0.222. The first-order chi connectivity index (χ1) is 6.43. The van der Waals surface area contributed by atoms with Crippen LogP contribution in [0.4, 0.5) is 0 Å². The van der Waals surface area contributed by atoms with Gasteiger partial charge < -0.3 is 4.52 Å². The quantitative estimate of drug-likeness (QED) is 0.607. The van der Waals surface area contributed by atoms with Crippen LogP contribution in [0.2, 0.25) is 0 Å². The Kier molecular flexibility index (Phi) is 3.89. The third kappa shape index (κ3) is 3.76. The van der Waals surface area contributed by atoms with E-state index in [0.29, 0.717) is 6.29 Å². The molecule has 0 N–H and O–H groups in total.